The molecule has 0 aromatic carbocycles. The molecule has 1 aliphatic carbocycles. The molecule has 0 spiro atoms. The highest BCUT2D eigenvalue weighted by Gasteiger charge is 2.33. The summed E-state index contributed by atoms with van der Waals surface area (Å²) in [5, 5.41) is 2.28. The lowest BCUT2D eigenvalue weighted by molar-refractivity contribution is 0.395. The maximum Gasteiger partial charge on any atom is 0.433 e. The summed E-state index contributed by atoms with van der Waals surface area (Å²) in [6, 6.07) is 0. The van der Waals surface area contributed by atoms with E-state index in [4.69, 9.17) is 4.65 Å². The van der Waals surface area contributed by atoms with Gasteiger partial charge in [0.2, 0.25) is 0 Å². The van der Waals surface area contributed by atoms with E-state index in [-0.39, 0.29) is 0 Å². The highest BCUT2D eigenvalue weighted by Crippen LogP contribution is 2.39. The number of hydrogen-bond acceptors (Lipinski definition) is 2. The van der Waals surface area contributed by atoms with Gasteiger partial charge in [-0.15, -0.1) is 11.6 Å². The van der Waals surface area contributed by atoms with E-state index in [1.54, 1.807) is 0 Å². The van der Waals surface area contributed by atoms with Crippen molar-refractivity contribution in [3.8, 4) is 0 Å². The molecule has 0 saturated heterocycles. The Balaban J connectivity index is 1.75. The smallest absolute Gasteiger partial charge is 0.433 e. The van der Waals surface area contributed by atoms with Crippen molar-refractivity contribution >= 4 is 17.8 Å². The first-order valence-corrected chi connectivity index (χ1v) is 8.35. The number of unbranched alkanes of at least 4 members (excludes halogenated alkanes) is 1. The van der Waals surface area contributed by atoms with Gasteiger partial charge in [0.05, 0.1) is 5.76 Å². The molecule has 2 rings (SSSR count). The summed E-state index contributed by atoms with van der Waals surface area (Å²) in [7, 11) is 0. The van der Waals surface area contributed by atoms with Crippen LogP contribution in [0.25, 0.3) is 0 Å². The van der Waals surface area contributed by atoms with Crippen molar-refractivity contribution in [1.29, 1.82) is 0 Å². The van der Waals surface area contributed by atoms with E-state index in [1.807, 2.05) is 11.6 Å². The fourth-order valence-corrected chi connectivity index (χ4v) is 3.92. The van der Waals surface area contributed by atoms with Crippen molar-refractivity contribution in [3.63, 3.8) is 0 Å². The van der Waals surface area contributed by atoms with Crippen molar-refractivity contribution in [2.24, 2.45) is 0 Å². The summed E-state index contributed by atoms with van der Waals surface area (Å²) in [6.07, 6.45) is 14.0. The SMILES string of the molecule is CCCCC1=CSB(C2CCCCCCC2)O1. The van der Waals surface area contributed by atoms with Gasteiger partial charge >= 0.3 is 6.19 Å². The van der Waals surface area contributed by atoms with Gasteiger partial charge < -0.3 is 4.65 Å². The van der Waals surface area contributed by atoms with Gasteiger partial charge in [-0.05, 0) is 17.6 Å². The molecule has 1 aliphatic heterocycles. The largest absolute Gasteiger partial charge is 0.552 e. The third kappa shape index (κ3) is 4.28. The van der Waals surface area contributed by atoms with Crippen molar-refractivity contribution < 1.29 is 4.65 Å². The number of allylic oxidation sites excluding steroid dienone is 1. The lowest BCUT2D eigenvalue weighted by atomic mass is 9.70. The molecule has 0 amide bonds. The topological polar surface area (TPSA) is 9.23 Å². The Morgan fingerprint density at radius 2 is 1.94 bits per heavy atom. The van der Waals surface area contributed by atoms with Gasteiger partial charge in [0.25, 0.3) is 0 Å². The second-order valence-corrected chi connectivity index (χ2v) is 6.39. The standard InChI is InChI=1S/C14H25BOS/c1-2-3-11-14-12-17-15(16-14)13-9-7-5-4-6-8-10-13/h12-13H,2-11H2,1H3. The van der Waals surface area contributed by atoms with Crippen LogP contribution in [0.5, 0.6) is 0 Å². The monoisotopic (exact) mass is 252 g/mol. The van der Waals surface area contributed by atoms with Crippen LogP contribution in [0, 0.1) is 0 Å². The molecule has 0 atom stereocenters. The number of rotatable bonds is 4. The third-order valence-electron chi connectivity index (χ3n) is 3.91. The van der Waals surface area contributed by atoms with Gasteiger partial charge in [0.15, 0.2) is 0 Å². The molecule has 0 radical (unpaired) electrons. The van der Waals surface area contributed by atoms with Gasteiger partial charge in [-0.25, -0.2) is 0 Å². The summed E-state index contributed by atoms with van der Waals surface area (Å²) >= 11 is 1.94. The van der Waals surface area contributed by atoms with Crippen molar-refractivity contribution in [3.05, 3.63) is 11.2 Å². The van der Waals surface area contributed by atoms with Crippen LogP contribution in [0.2, 0.25) is 5.82 Å². The van der Waals surface area contributed by atoms with E-state index in [2.05, 4.69) is 12.3 Å². The molecule has 0 aromatic heterocycles. The quantitative estimate of drug-likeness (QED) is 0.621. The van der Waals surface area contributed by atoms with E-state index >= 15 is 0 Å². The van der Waals surface area contributed by atoms with Crippen LogP contribution in [-0.4, -0.2) is 6.19 Å². The van der Waals surface area contributed by atoms with Crippen LogP contribution in [-0.2, 0) is 4.65 Å². The van der Waals surface area contributed by atoms with Gasteiger partial charge in [-0.1, -0.05) is 58.3 Å². The van der Waals surface area contributed by atoms with Gasteiger partial charge in [-0.3, -0.25) is 0 Å². The Morgan fingerprint density at radius 1 is 1.24 bits per heavy atom. The molecule has 1 fully saturated rings. The Hall–Kier alpha value is -0.0451. The molecule has 3 heteroatoms. The summed E-state index contributed by atoms with van der Waals surface area (Å²) in [5.41, 5.74) is 0. The normalized spacial score (nSPS) is 22.9. The van der Waals surface area contributed by atoms with E-state index in [0.29, 0.717) is 6.19 Å². The van der Waals surface area contributed by atoms with Crippen LogP contribution in [0.4, 0.5) is 0 Å². The molecular weight excluding hydrogens is 227 g/mol. The first kappa shape index (κ1) is 13.4. The highest BCUT2D eigenvalue weighted by atomic mass is 32.2. The molecule has 17 heavy (non-hydrogen) atoms. The maximum atomic E-state index is 6.12. The van der Waals surface area contributed by atoms with Crippen LogP contribution in [0.15, 0.2) is 11.2 Å². The van der Waals surface area contributed by atoms with Gasteiger partial charge in [-0.2, -0.15) is 0 Å². The summed E-state index contributed by atoms with van der Waals surface area (Å²) in [5.74, 6) is 2.06. The summed E-state index contributed by atoms with van der Waals surface area (Å²) in [4.78, 5) is 0. The fraction of sp³-hybridized carbons (Fsp3) is 0.857. The molecule has 1 nitrogen and oxygen atoms in total. The lowest BCUT2D eigenvalue weighted by Gasteiger charge is -2.22. The zero-order valence-electron chi connectivity index (χ0n) is 11.1. The van der Waals surface area contributed by atoms with Gasteiger partial charge in [0.1, 0.15) is 0 Å². The van der Waals surface area contributed by atoms with Gasteiger partial charge in [0, 0.05) is 6.42 Å². The second kappa shape index (κ2) is 7.40. The highest BCUT2D eigenvalue weighted by molar-refractivity contribution is 8.27. The molecular formula is C14H25BOS. The maximum absolute atomic E-state index is 6.12. The molecule has 1 saturated carbocycles. The van der Waals surface area contributed by atoms with Crippen molar-refractivity contribution in [1.82, 2.24) is 0 Å². The second-order valence-electron chi connectivity index (χ2n) is 5.42. The van der Waals surface area contributed by atoms with E-state index in [0.717, 1.165) is 12.2 Å². The van der Waals surface area contributed by atoms with Crippen LogP contribution in [0.3, 0.4) is 0 Å². The van der Waals surface area contributed by atoms with Crippen LogP contribution >= 0.6 is 11.6 Å². The Labute approximate surface area is 111 Å². The zero-order valence-corrected chi connectivity index (χ0v) is 11.9. The Morgan fingerprint density at radius 3 is 2.65 bits per heavy atom. The third-order valence-corrected chi connectivity index (χ3v) is 5.06. The van der Waals surface area contributed by atoms with Crippen LogP contribution < -0.4 is 0 Å². The average molecular weight is 252 g/mol. The first-order valence-electron chi connectivity index (χ1n) is 7.41. The zero-order chi connectivity index (χ0) is 11.9. The molecule has 0 N–H and O–H groups in total. The van der Waals surface area contributed by atoms with Crippen LogP contribution in [0.1, 0.15) is 71.1 Å². The van der Waals surface area contributed by atoms with Crippen molar-refractivity contribution in [2.75, 3.05) is 0 Å². The minimum atomic E-state index is 0.444. The predicted molar refractivity (Wildman–Crippen MR) is 78.1 cm³/mol. The molecule has 0 aromatic rings. The number of hydrogen-bond donors (Lipinski definition) is 0. The predicted octanol–water partition coefficient (Wildman–Crippen LogP) is 5.38. The first-order chi connectivity index (χ1) is 8.40. The Bertz CT molecular complexity index is 247. The average Bonchev–Trinajstić information content (AvgIpc) is 2.74. The van der Waals surface area contributed by atoms with Crippen molar-refractivity contribution in [2.45, 2.75) is 76.9 Å². The minimum absolute atomic E-state index is 0.444. The van der Waals surface area contributed by atoms with E-state index < -0.39 is 0 Å². The van der Waals surface area contributed by atoms with E-state index in [9.17, 15) is 0 Å². The molecule has 96 valence electrons. The Kier molecular flexibility index (Phi) is 5.83. The lowest BCUT2D eigenvalue weighted by Crippen LogP contribution is -2.19. The van der Waals surface area contributed by atoms with E-state index in [1.165, 1.54) is 63.5 Å². The molecule has 0 unspecified atom stereocenters. The molecule has 2 aliphatic rings. The summed E-state index contributed by atoms with van der Waals surface area (Å²) < 4.78 is 6.12. The molecule has 1 heterocycles. The summed E-state index contributed by atoms with van der Waals surface area (Å²) in [6.45, 7) is 2.24. The fourth-order valence-electron chi connectivity index (χ4n) is 2.78. The minimum Gasteiger partial charge on any atom is -0.552 e. The molecule has 0 bridgehead atoms.